The van der Waals surface area contributed by atoms with Gasteiger partial charge in [0.05, 0.1) is 19.2 Å². The topological polar surface area (TPSA) is 20.2 Å². The van der Waals surface area contributed by atoms with Crippen molar-refractivity contribution in [1.29, 1.82) is 0 Å². The number of hydrogen-bond acceptors (Lipinski definition) is 1. The van der Waals surface area contributed by atoms with Gasteiger partial charge in [-0.2, -0.15) is 0 Å². The molecule has 0 radical (unpaired) electrons. The number of aliphatic hydroxyl groups excluding tert-OH is 1. The highest BCUT2D eigenvalue weighted by atomic mass is 35.5. The van der Waals surface area contributed by atoms with E-state index in [1.807, 2.05) is 0 Å². The molecule has 0 heterocycles. The Bertz CT molecular complexity index is 87.5. The summed E-state index contributed by atoms with van der Waals surface area (Å²) in [6.07, 6.45) is -0.363. The zero-order valence-corrected chi connectivity index (χ0v) is 8.24. The zero-order valence-electron chi connectivity index (χ0n) is 6.48. The van der Waals surface area contributed by atoms with Crippen molar-refractivity contribution in [3.05, 3.63) is 0 Å². The highest BCUT2D eigenvalue weighted by Crippen LogP contribution is 2.16. The first-order chi connectivity index (χ1) is 3.85. The molecule has 0 rings (SSSR count). The number of hydrogen-bond donors (Lipinski definition) is 1. The van der Waals surface area contributed by atoms with E-state index in [1.54, 1.807) is 6.92 Å². The maximum absolute atomic E-state index is 9.06. The van der Waals surface area contributed by atoms with Crippen LogP contribution < -0.4 is 0 Å². The summed E-state index contributed by atoms with van der Waals surface area (Å²) in [4.78, 5) is 0. The van der Waals surface area contributed by atoms with Crippen LogP contribution in [0.3, 0.4) is 0 Å². The van der Waals surface area contributed by atoms with Crippen molar-refractivity contribution in [3.63, 3.8) is 0 Å². The van der Waals surface area contributed by atoms with E-state index in [9.17, 15) is 0 Å². The monoisotopic (exact) mass is 166 g/mol. The van der Waals surface area contributed by atoms with Crippen molar-refractivity contribution < 1.29 is 5.11 Å². The second-order valence-electron chi connectivity index (χ2n) is 3.51. The van der Waals surface area contributed by atoms with E-state index in [0.717, 1.165) is 0 Å². The molecule has 0 aliphatic rings. The van der Waals surface area contributed by atoms with Crippen molar-refractivity contribution >= 4 is 19.7 Å². The Hall–Kier alpha value is 0.467. The molecule has 1 N–H and O–H groups in total. The van der Waals surface area contributed by atoms with E-state index in [1.165, 1.54) is 0 Å². The van der Waals surface area contributed by atoms with E-state index >= 15 is 0 Å². The molecule has 56 valence electrons. The predicted octanol–water partition coefficient (Wildman–Crippen LogP) is 1.85. The van der Waals surface area contributed by atoms with Crippen LogP contribution in [0, 0.1) is 0 Å². The molecule has 0 aromatic carbocycles. The molecule has 0 spiro atoms. The molecule has 0 saturated carbocycles. The van der Waals surface area contributed by atoms with Crippen LogP contribution in [0.15, 0.2) is 0 Å². The lowest BCUT2D eigenvalue weighted by Gasteiger charge is -2.24. The third-order valence-electron chi connectivity index (χ3n) is 1.25. The summed E-state index contributed by atoms with van der Waals surface area (Å²) < 4.78 is 0. The summed E-state index contributed by atoms with van der Waals surface area (Å²) in [5.74, 6) is 0. The zero-order chi connectivity index (χ0) is 7.65. The van der Waals surface area contributed by atoms with E-state index in [4.69, 9.17) is 16.7 Å². The first-order valence-corrected chi connectivity index (χ1v) is 7.19. The lowest BCUT2D eigenvalue weighted by Crippen LogP contribution is -2.41. The molecule has 9 heavy (non-hydrogen) atoms. The van der Waals surface area contributed by atoms with Gasteiger partial charge in [-0.1, -0.05) is 19.6 Å². The van der Waals surface area contributed by atoms with Crippen LogP contribution >= 0.6 is 11.6 Å². The van der Waals surface area contributed by atoms with Crippen LogP contribution in [0.25, 0.3) is 0 Å². The molecule has 2 unspecified atom stereocenters. The predicted molar refractivity (Wildman–Crippen MR) is 44.7 cm³/mol. The molecule has 0 fully saturated rings. The fourth-order valence-corrected chi connectivity index (χ4v) is 2.17. The van der Waals surface area contributed by atoms with Crippen LogP contribution in [0.2, 0.25) is 19.6 Å². The van der Waals surface area contributed by atoms with E-state index in [2.05, 4.69) is 19.6 Å². The minimum absolute atomic E-state index is 0.0162. The van der Waals surface area contributed by atoms with Gasteiger partial charge < -0.3 is 5.11 Å². The molecular formula is C6H15ClOSi. The van der Waals surface area contributed by atoms with Gasteiger partial charge in [-0.15, -0.1) is 11.6 Å². The Morgan fingerprint density at radius 2 is 1.67 bits per heavy atom. The van der Waals surface area contributed by atoms with Gasteiger partial charge in [-0.3, -0.25) is 0 Å². The van der Waals surface area contributed by atoms with Gasteiger partial charge in [-0.05, 0) is 6.92 Å². The molecular weight excluding hydrogens is 152 g/mol. The maximum atomic E-state index is 9.06. The van der Waals surface area contributed by atoms with Crippen LogP contribution in [0.5, 0.6) is 0 Å². The molecule has 0 bridgehead atoms. The summed E-state index contributed by atoms with van der Waals surface area (Å²) in [6, 6.07) is 0. The Morgan fingerprint density at radius 1 is 1.33 bits per heavy atom. The van der Waals surface area contributed by atoms with E-state index in [-0.39, 0.29) is 11.1 Å². The third kappa shape index (κ3) is 3.23. The minimum atomic E-state index is -1.31. The largest absolute Gasteiger partial charge is 0.392 e. The van der Waals surface area contributed by atoms with Gasteiger partial charge in [0.2, 0.25) is 0 Å². The first kappa shape index (κ1) is 9.47. The van der Waals surface area contributed by atoms with Gasteiger partial charge >= 0.3 is 0 Å². The Morgan fingerprint density at radius 3 is 1.67 bits per heavy atom. The van der Waals surface area contributed by atoms with Crippen molar-refractivity contribution in [2.24, 2.45) is 0 Å². The fourth-order valence-electron chi connectivity index (χ4n) is 0.724. The van der Waals surface area contributed by atoms with Crippen molar-refractivity contribution in [1.82, 2.24) is 0 Å². The highest BCUT2D eigenvalue weighted by Gasteiger charge is 2.28. The lowest BCUT2D eigenvalue weighted by atomic mass is 10.5. The standard InChI is InChI=1S/C6H15ClOSi/c1-5(8)6(7)9(2,3)4/h5-6,8H,1-4H3. The van der Waals surface area contributed by atoms with Crippen molar-refractivity contribution in [3.8, 4) is 0 Å². The first-order valence-electron chi connectivity index (χ1n) is 3.18. The van der Waals surface area contributed by atoms with Crippen LogP contribution in [0.4, 0.5) is 0 Å². The summed E-state index contributed by atoms with van der Waals surface area (Å²) >= 11 is 5.90. The Labute approximate surface area is 63.0 Å². The average Bonchev–Trinajstić information content (AvgIpc) is 1.62. The van der Waals surface area contributed by atoms with Crippen LogP contribution in [-0.4, -0.2) is 24.3 Å². The molecule has 0 amide bonds. The smallest absolute Gasteiger partial charge is 0.0682 e. The number of aliphatic hydroxyl groups is 1. The van der Waals surface area contributed by atoms with Gasteiger partial charge in [0.15, 0.2) is 0 Å². The SMILES string of the molecule is CC(O)C(Cl)[Si](C)(C)C. The van der Waals surface area contributed by atoms with E-state index < -0.39 is 8.07 Å². The van der Waals surface area contributed by atoms with Gasteiger partial charge in [0.25, 0.3) is 0 Å². The van der Waals surface area contributed by atoms with Crippen molar-refractivity contribution in [2.45, 2.75) is 37.7 Å². The molecule has 3 heteroatoms. The normalized spacial score (nSPS) is 19.3. The second-order valence-corrected chi connectivity index (χ2v) is 9.70. The van der Waals surface area contributed by atoms with Gasteiger partial charge in [-0.25, -0.2) is 0 Å². The Kier molecular flexibility index (Phi) is 3.19. The molecule has 2 atom stereocenters. The van der Waals surface area contributed by atoms with Crippen LogP contribution in [0.1, 0.15) is 6.92 Å². The molecule has 1 nitrogen and oxygen atoms in total. The third-order valence-corrected chi connectivity index (χ3v) is 5.72. The van der Waals surface area contributed by atoms with Gasteiger partial charge in [0, 0.05) is 0 Å². The fraction of sp³-hybridized carbons (Fsp3) is 1.00. The molecule has 0 aromatic rings. The summed E-state index contributed by atoms with van der Waals surface area (Å²) in [6.45, 7) is 8.20. The van der Waals surface area contributed by atoms with Gasteiger partial charge in [0.1, 0.15) is 0 Å². The maximum Gasteiger partial charge on any atom is 0.0682 e. The quantitative estimate of drug-likeness (QED) is 0.491. The summed E-state index contributed by atoms with van der Waals surface area (Å²) in [5.41, 5.74) is 0. The molecule has 0 saturated heterocycles. The average molecular weight is 167 g/mol. The summed E-state index contributed by atoms with van der Waals surface area (Å²) in [5, 5.41) is 9.04. The highest BCUT2D eigenvalue weighted by molar-refractivity contribution is 6.84. The summed E-state index contributed by atoms with van der Waals surface area (Å²) in [7, 11) is -1.31. The number of alkyl halides is 1. The molecule has 0 aliphatic carbocycles. The minimum Gasteiger partial charge on any atom is -0.392 e. The number of rotatable bonds is 2. The molecule has 0 aromatic heterocycles. The van der Waals surface area contributed by atoms with E-state index in [0.29, 0.717) is 0 Å². The Balaban J connectivity index is 3.88. The van der Waals surface area contributed by atoms with Crippen LogP contribution in [-0.2, 0) is 0 Å². The lowest BCUT2D eigenvalue weighted by molar-refractivity contribution is 0.207. The second kappa shape index (κ2) is 3.04. The van der Waals surface area contributed by atoms with Crippen molar-refractivity contribution in [2.75, 3.05) is 0 Å². The number of halogens is 1. The molecule has 0 aliphatic heterocycles.